The Morgan fingerprint density at radius 2 is 2.15 bits per heavy atom. The quantitative estimate of drug-likeness (QED) is 0.782. The SMILES string of the molecule is C/C=C/C1C(=O)c2cc(C#N)ccc2N1CC(F)(F)F. The Morgan fingerprint density at radius 1 is 1.45 bits per heavy atom. The molecule has 2 rings (SSSR count). The highest BCUT2D eigenvalue weighted by Gasteiger charge is 2.41. The molecule has 6 heteroatoms. The van der Waals surface area contributed by atoms with Gasteiger partial charge in [0.2, 0.25) is 0 Å². The van der Waals surface area contributed by atoms with E-state index < -0.39 is 24.5 Å². The molecule has 1 aromatic carbocycles. The number of hydrogen-bond acceptors (Lipinski definition) is 3. The topological polar surface area (TPSA) is 44.1 Å². The van der Waals surface area contributed by atoms with Crippen LogP contribution in [0.4, 0.5) is 18.9 Å². The third kappa shape index (κ3) is 2.52. The number of Topliss-reactive ketones (excluding diaryl/α,β-unsaturated/α-hetero) is 1. The lowest BCUT2D eigenvalue weighted by Gasteiger charge is -2.25. The first kappa shape index (κ1) is 14.1. The van der Waals surface area contributed by atoms with Crippen molar-refractivity contribution in [2.24, 2.45) is 0 Å². The number of ketones is 1. The lowest BCUT2D eigenvalue weighted by molar-refractivity contribution is -0.119. The molecule has 20 heavy (non-hydrogen) atoms. The number of carbonyl (C=O) groups is 1. The van der Waals surface area contributed by atoms with Gasteiger partial charge in [0, 0.05) is 11.3 Å². The lowest BCUT2D eigenvalue weighted by atomic mass is 10.1. The highest BCUT2D eigenvalue weighted by atomic mass is 19.4. The highest BCUT2D eigenvalue weighted by molar-refractivity contribution is 6.12. The summed E-state index contributed by atoms with van der Waals surface area (Å²) in [6, 6.07) is 5.05. The van der Waals surface area contributed by atoms with Crippen molar-refractivity contribution in [1.29, 1.82) is 5.26 Å². The summed E-state index contributed by atoms with van der Waals surface area (Å²) in [4.78, 5) is 13.2. The van der Waals surface area contributed by atoms with E-state index in [9.17, 15) is 18.0 Å². The fourth-order valence-electron chi connectivity index (χ4n) is 2.25. The molecule has 0 N–H and O–H groups in total. The van der Waals surface area contributed by atoms with Crippen LogP contribution >= 0.6 is 0 Å². The van der Waals surface area contributed by atoms with Crippen molar-refractivity contribution in [3.05, 3.63) is 41.5 Å². The van der Waals surface area contributed by atoms with E-state index in [0.717, 1.165) is 4.90 Å². The number of fused-ring (bicyclic) bond motifs is 1. The van der Waals surface area contributed by atoms with Crippen LogP contribution in [0.25, 0.3) is 0 Å². The maximum atomic E-state index is 12.7. The van der Waals surface area contributed by atoms with Gasteiger partial charge in [0.15, 0.2) is 5.78 Å². The molecular formula is C14H11F3N2O. The van der Waals surface area contributed by atoms with Gasteiger partial charge < -0.3 is 4.90 Å². The van der Waals surface area contributed by atoms with Gasteiger partial charge in [0.25, 0.3) is 0 Å². The summed E-state index contributed by atoms with van der Waals surface area (Å²) in [7, 11) is 0. The molecule has 0 radical (unpaired) electrons. The molecule has 1 aromatic rings. The summed E-state index contributed by atoms with van der Waals surface area (Å²) in [6.45, 7) is 0.440. The van der Waals surface area contributed by atoms with E-state index in [-0.39, 0.29) is 16.8 Å². The molecule has 0 saturated heterocycles. The molecule has 0 bridgehead atoms. The second-order valence-corrected chi connectivity index (χ2v) is 4.42. The number of carbonyl (C=O) groups excluding carboxylic acids is 1. The van der Waals surface area contributed by atoms with Crippen LogP contribution < -0.4 is 4.90 Å². The maximum Gasteiger partial charge on any atom is 0.405 e. The molecule has 3 nitrogen and oxygen atoms in total. The Bertz CT molecular complexity index is 614. The Hall–Kier alpha value is -2.29. The molecular weight excluding hydrogens is 269 g/mol. The summed E-state index contributed by atoms with van der Waals surface area (Å²) >= 11 is 0. The van der Waals surface area contributed by atoms with Crippen LogP contribution in [-0.2, 0) is 0 Å². The zero-order chi connectivity index (χ0) is 14.9. The standard InChI is InChI=1S/C14H11F3N2O/c1-2-3-12-13(20)10-6-9(7-18)4-5-11(10)19(12)8-14(15,16)17/h2-6,12H,8H2,1H3/b3-2+. The Morgan fingerprint density at radius 3 is 2.70 bits per heavy atom. The first-order chi connectivity index (χ1) is 9.37. The highest BCUT2D eigenvalue weighted by Crippen LogP contribution is 2.35. The van der Waals surface area contributed by atoms with E-state index in [4.69, 9.17) is 5.26 Å². The van der Waals surface area contributed by atoms with E-state index >= 15 is 0 Å². The molecule has 1 aliphatic rings. The predicted octanol–water partition coefficient (Wildman–Crippen LogP) is 3.07. The number of rotatable bonds is 2. The first-order valence-electron chi connectivity index (χ1n) is 5.92. The zero-order valence-electron chi connectivity index (χ0n) is 10.6. The Kier molecular flexibility index (Phi) is 3.53. The van der Waals surface area contributed by atoms with Crippen molar-refractivity contribution in [2.75, 3.05) is 11.4 Å². The summed E-state index contributed by atoms with van der Waals surface area (Å²) in [5, 5.41) is 8.81. The zero-order valence-corrected chi connectivity index (χ0v) is 10.6. The van der Waals surface area contributed by atoms with E-state index in [1.165, 1.54) is 24.3 Å². The van der Waals surface area contributed by atoms with Crippen molar-refractivity contribution in [3.63, 3.8) is 0 Å². The number of nitriles is 1. The number of halogens is 3. The molecule has 1 atom stereocenters. The lowest BCUT2D eigenvalue weighted by Crippen LogP contribution is -2.40. The van der Waals surface area contributed by atoms with Crippen LogP contribution in [0, 0.1) is 11.3 Å². The van der Waals surface area contributed by atoms with Gasteiger partial charge >= 0.3 is 6.18 Å². The molecule has 0 saturated carbocycles. The molecule has 0 fully saturated rings. The predicted molar refractivity (Wildman–Crippen MR) is 67.5 cm³/mol. The van der Waals surface area contributed by atoms with Gasteiger partial charge in [0.1, 0.15) is 12.6 Å². The number of anilines is 1. The number of benzene rings is 1. The largest absolute Gasteiger partial charge is 0.405 e. The smallest absolute Gasteiger partial charge is 0.348 e. The number of allylic oxidation sites excluding steroid dienone is 1. The minimum atomic E-state index is -4.41. The molecule has 1 unspecified atom stereocenters. The van der Waals surface area contributed by atoms with E-state index in [1.54, 1.807) is 13.0 Å². The van der Waals surface area contributed by atoms with Crippen molar-refractivity contribution >= 4 is 11.5 Å². The van der Waals surface area contributed by atoms with E-state index in [0.29, 0.717) is 0 Å². The number of nitrogens with zero attached hydrogens (tertiary/aromatic N) is 2. The van der Waals surface area contributed by atoms with Crippen LogP contribution in [0.1, 0.15) is 22.8 Å². The van der Waals surface area contributed by atoms with E-state index in [1.807, 2.05) is 6.07 Å². The molecule has 1 aliphatic heterocycles. The average molecular weight is 280 g/mol. The van der Waals surface area contributed by atoms with Crippen LogP contribution in [-0.4, -0.2) is 24.5 Å². The third-order valence-electron chi connectivity index (χ3n) is 3.03. The molecule has 0 aromatic heterocycles. The van der Waals surface area contributed by atoms with Gasteiger partial charge in [-0.05, 0) is 25.1 Å². The molecule has 104 valence electrons. The monoisotopic (exact) mass is 280 g/mol. The van der Waals surface area contributed by atoms with Crippen LogP contribution in [0.3, 0.4) is 0 Å². The summed E-state index contributed by atoms with van der Waals surface area (Å²) in [5.41, 5.74) is 0.635. The van der Waals surface area contributed by atoms with Crippen LogP contribution in [0.15, 0.2) is 30.4 Å². The van der Waals surface area contributed by atoms with Crippen LogP contribution in [0.5, 0.6) is 0 Å². The number of hydrogen-bond donors (Lipinski definition) is 0. The Labute approximate surface area is 113 Å². The van der Waals surface area contributed by atoms with Crippen LogP contribution in [0.2, 0.25) is 0 Å². The summed E-state index contributed by atoms with van der Waals surface area (Å²) < 4.78 is 38.0. The minimum absolute atomic E-state index is 0.163. The van der Waals surface area contributed by atoms with Gasteiger partial charge in [0.05, 0.1) is 11.6 Å². The fourth-order valence-corrected chi connectivity index (χ4v) is 2.25. The fraction of sp³-hybridized carbons (Fsp3) is 0.286. The Balaban J connectivity index is 2.50. The van der Waals surface area contributed by atoms with Gasteiger partial charge in [-0.1, -0.05) is 12.2 Å². The first-order valence-corrected chi connectivity index (χ1v) is 5.92. The van der Waals surface area contributed by atoms with Gasteiger partial charge in [-0.25, -0.2) is 0 Å². The van der Waals surface area contributed by atoms with Crippen molar-refractivity contribution in [2.45, 2.75) is 19.1 Å². The molecule has 0 spiro atoms. The summed E-state index contributed by atoms with van der Waals surface area (Å²) in [5.74, 6) is -0.417. The second kappa shape index (κ2) is 5.00. The maximum absolute atomic E-state index is 12.7. The van der Waals surface area contributed by atoms with Gasteiger partial charge in [-0.15, -0.1) is 0 Å². The molecule has 0 aliphatic carbocycles. The molecule has 1 heterocycles. The summed E-state index contributed by atoms with van der Waals surface area (Å²) in [6.07, 6.45) is -1.43. The average Bonchev–Trinajstić information content (AvgIpc) is 2.62. The van der Waals surface area contributed by atoms with E-state index in [2.05, 4.69) is 0 Å². The second-order valence-electron chi connectivity index (χ2n) is 4.42. The molecule has 0 amide bonds. The van der Waals surface area contributed by atoms with Crippen molar-refractivity contribution < 1.29 is 18.0 Å². The van der Waals surface area contributed by atoms with Gasteiger partial charge in [-0.3, -0.25) is 4.79 Å². The van der Waals surface area contributed by atoms with Crippen molar-refractivity contribution in [1.82, 2.24) is 0 Å². The minimum Gasteiger partial charge on any atom is -0.348 e. The number of alkyl halides is 3. The third-order valence-corrected chi connectivity index (χ3v) is 3.03. The normalized spacial score (nSPS) is 18.4. The van der Waals surface area contributed by atoms with Crippen molar-refractivity contribution in [3.8, 4) is 6.07 Å². The van der Waals surface area contributed by atoms with Gasteiger partial charge in [-0.2, -0.15) is 18.4 Å².